The lowest BCUT2D eigenvalue weighted by Crippen LogP contribution is -2.02. The number of allylic oxidation sites excluding steroid dienone is 2. The van der Waals surface area contributed by atoms with Crippen molar-refractivity contribution in [2.45, 2.75) is 25.7 Å². The largest absolute Gasteiger partial charge is 0.0795 e. The molecule has 28 heavy (non-hydrogen) atoms. The van der Waals surface area contributed by atoms with Crippen molar-refractivity contribution in [1.82, 2.24) is 0 Å². The fourth-order valence-corrected chi connectivity index (χ4v) is 5.09. The van der Waals surface area contributed by atoms with E-state index in [-0.39, 0.29) is 0 Å². The van der Waals surface area contributed by atoms with Gasteiger partial charge in [-0.25, -0.2) is 0 Å². The van der Waals surface area contributed by atoms with Gasteiger partial charge in [0.15, 0.2) is 0 Å². The number of benzene rings is 4. The van der Waals surface area contributed by atoms with E-state index < -0.39 is 0 Å². The van der Waals surface area contributed by atoms with Crippen LogP contribution in [0.1, 0.15) is 33.4 Å². The predicted octanol–water partition coefficient (Wildman–Crippen LogP) is 6.92. The molecule has 0 spiro atoms. The van der Waals surface area contributed by atoms with Crippen LogP contribution in [0.25, 0.3) is 33.7 Å². The zero-order chi connectivity index (χ0) is 18.5. The summed E-state index contributed by atoms with van der Waals surface area (Å²) in [4.78, 5) is 0. The molecule has 0 fully saturated rings. The second kappa shape index (κ2) is 6.21. The third-order valence-corrected chi connectivity index (χ3v) is 6.43. The van der Waals surface area contributed by atoms with Crippen molar-refractivity contribution in [2.24, 2.45) is 0 Å². The number of hydrogen-bond donors (Lipinski definition) is 0. The van der Waals surface area contributed by atoms with Gasteiger partial charge >= 0.3 is 0 Å². The van der Waals surface area contributed by atoms with Crippen LogP contribution in [0.15, 0.2) is 72.8 Å². The minimum atomic E-state index is 1.05. The van der Waals surface area contributed by atoms with Gasteiger partial charge in [-0.15, -0.1) is 0 Å². The van der Waals surface area contributed by atoms with Gasteiger partial charge in [-0.2, -0.15) is 0 Å². The van der Waals surface area contributed by atoms with E-state index in [0.29, 0.717) is 0 Å². The van der Waals surface area contributed by atoms with E-state index in [0.717, 1.165) is 25.7 Å². The third kappa shape index (κ3) is 2.38. The van der Waals surface area contributed by atoms with Crippen molar-refractivity contribution in [1.29, 1.82) is 0 Å². The minimum Gasteiger partial charge on any atom is -0.0795 e. The summed E-state index contributed by atoms with van der Waals surface area (Å²) in [6.07, 6.45) is 13.6. The first kappa shape index (κ1) is 15.9. The summed E-state index contributed by atoms with van der Waals surface area (Å²) in [7, 11) is 0. The molecule has 0 bridgehead atoms. The van der Waals surface area contributed by atoms with Crippen LogP contribution in [0.4, 0.5) is 0 Å². The highest BCUT2D eigenvalue weighted by molar-refractivity contribution is 5.97. The maximum atomic E-state index is 2.34. The van der Waals surface area contributed by atoms with Gasteiger partial charge in [0.2, 0.25) is 0 Å². The SMILES string of the molecule is C1=Cc2c(CCc3ccc4cccc5c4c3C=CC5)ccc3cccc(c23)C1. The standard InChI is InChI=1S/C28H22/c1-5-21-9-3-11-25-19(15-17-23(7-1)27(21)25)13-14-20-16-18-24-8-2-6-22-10-4-12-26(20)28(22)24/h1-8,11-12,15-18H,9-10,13-14H2. The van der Waals surface area contributed by atoms with E-state index in [1.54, 1.807) is 0 Å². The van der Waals surface area contributed by atoms with Crippen LogP contribution >= 0.6 is 0 Å². The third-order valence-electron chi connectivity index (χ3n) is 6.43. The first-order valence-corrected chi connectivity index (χ1v) is 10.3. The van der Waals surface area contributed by atoms with Crippen molar-refractivity contribution in [3.8, 4) is 0 Å². The Kier molecular flexibility index (Phi) is 3.52. The Morgan fingerprint density at radius 1 is 0.536 bits per heavy atom. The fraction of sp³-hybridized carbons (Fsp3) is 0.143. The zero-order valence-electron chi connectivity index (χ0n) is 15.9. The molecule has 0 unspecified atom stereocenters. The van der Waals surface area contributed by atoms with E-state index in [4.69, 9.17) is 0 Å². The molecule has 0 heteroatoms. The summed E-state index contributed by atoms with van der Waals surface area (Å²) >= 11 is 0. The van der Waals surface area contributed by atoms with E-state index in [1.165, 1.54) is 54.9 Å². The molecule has 0 N–H and O–H groups in total. The number of aryl methyl sites for hydroxylation is 2. The molecular formula is C28H22. The van der Waals surface area contributed by atoms with E-state index >= 15 is 0 Å². The van der Waals surface area contributed by atoms with Crippen LogP contribution in [-0.2, 0) is 25.7 Å². The van der Waals surface area contributed by atoms with E-state index in [2.05, 4.69) is 85.0 Å². The Morgan fingerprint density at radius 2 is 1.04 bits per heavy atom. The average Bonchev–Trinajstić information content (AvgIpc) is 2.75. The fourth-order valence-electron chi connectivity index (χ4n) is 5.09. The monoisotopic (exact) mass is 358 g/mol. The molecule has 6 rings (SSSR count). The molecule has 2 aliphatic rings. The highest BCUT2D eigenvalue weighted by Crippen LogP contribution is 2.34. The molecule has 4 aromatic carbocycles. The molecule has 0 saturated carbocycles. The lowest BCUT2D eigenvalue weighted by Gasteiger charge is -2.19. The molecule has 4 aromatic rings. The van der Waals surface area contributed by atoms with Gasteiger partial charge in [0.1, 0.15) is 0 Å². The summed E-state index contributed by atoms with van der Waals surface area (Å²) in [5.41, 5.74) is 8.73. The molecule has 0 radical (unpaired) electrons. The number of hydrogen-bond acceptors (Lipinski definition) is 0. The van der Waals surface area contributed by atoms with Gasteiger partial charge in [0.25, 0.3) is 0 Å². The van der Waals surface area contributed by atoms with Crippen molar-refractivity contribution in [3.63, 3.8) is 0 Å². The molecular weight excluding hydrogens is 336 g/mol. The molecule has 0 saturated heterocycles. The van der Waals surface area contributed by atoms with Gasteiger partial charge in [0, 0.05) is 0 Å². The van der Waals surface area contributed by atoms with Crippen molar-refractivity contribution in [2.75, 3.05) is 0 Å². The molecule has 0 atom stereocenters. The molecule has 0 aliphatic heterocycles. The Hall–Kier alpha value is -3.12. The van der Waals surface area contributed by atoms with Gasteiger partial charge in [-0.05, 0) is 80.6 Å². The van der Waals surface area contributed by atoms with Crippen LogP contribution in [-0.4, -0.2) is 0 Å². The van der Waals surface area contributed by atoms with Gasteiger partial charge < -0.3 is 0 Å². The Labute approximate surface area is 165 Å². The highest BCUT2D eigenvalue weighted by atomic mass is 14.2. The molecule has 0 amide bonds. The summed E-state index contributed by atoms with van der Waals surface area (Å²) in [6.45, 7) is 0. The van der Waals surface area contributed by atoms with Crippen LogP contribution in [0.2, 0.25) is 0 Å². The smallest absolute Gasteiger partial charge is 0.00735 e. The van der Waals surface area contributed by atoms with Crippen LogP contribution < -0.4 is 0 Å². The summed E-state index contributed by atoms with van der Waals surface area (Å²) < 4.78 is 0. The predicted molar refractivity (Wildman–Crippen MR) is 121 cm³/mol. The van der Waals surface area contributed by atoms with Crippen molar-refractivity contribution >= 4 is 33.7 Å². The van der Waals surface area contributed by atoms with Crippen LogP contribution in [0, 0.1) is 0 Å². The topological polar surface area (TPSA) is 0 Å². The molecule has 134 valence electrons. The van der Waals surface area contributed by atoms with Gasteiger partial charge in [0.05, 0.1) is 0 Å². The lowest BCUT2D eigenvalue weighted by molar-refractivity contribution is 0.957. The second-order valence-corrected chi connectivity index (χ2v) is 8.02. The summed E-state index contributed by atoms with van der Waals surface area (Å²) in [5.74, 6) is 0. The normalized spacial score (nSPS) is 14.1. The molecule has 0 aromatic heterocycles. The van der Waals surface area contributed by atoms with Crippen molar-refractivity contribution in [3.05, 3.63) is 106 Å². The second-order valence-electron chi connectivity index (χ2n) is 8.02. The van der Waals surface area contributed by atoms with Gasteiger partial charge in [-0.1, -0.05) is 85.0 Å². The van der Waals surface area contributed by atoms with Crippen LogP contribution in [0.3, 0.4) is 0 Å². The van der Waals surface area contributed by atoms with E-state index in [9.17, 15) is 0 Å². The number of rotatable bonds is 3. The first-order chi connectivity index (χ1) is 13.9. The lowest BCUT2D eigenvalue weighted by atomic mass is 9.86. The summed E-state index contributed by atoms with van der Waals surface area (Å²) in [6, 6.07) is 22.7. The van der Waals surface area contributed by atoms with Gasteiger partial charge in [-0.3, -0.25) is 0 Å². The zero-order valence-corrected chi connectivity index (χ0v) is 15.9. The highest BCUT2D eigenvalue weighted by Gasteiger charge is 2.15. The first-order valence-electron chi connectivity index (χ1n) is 10.3. The van der Waals surface area contributed by atoms with Crippen LogP contribution in [0.5, 0.6) is 0 Å². The average molecular weight is 358 g/mol. The van der Waals surface area contributed by atoms with E-state index in [1.807, 2.05) is 0 Å². The maximum absolute atomic E-state index is 2.34. The summed E-state index contributed by atoms with van der Waals surface area (Å²) in [5, 5.41) is 5.66. The Bertz CT molecular complexity index is 1200. The van der Waals surface area contributed by atoms with Crippen molar-refractivity contribution < 1.29 is 0 Å². The quantitative estimate of drug-likeness (QED) is 0.373. The molecule has 2 aliphatic carbocycles. The molecule has 0 nitrogen and oxygen atoms in total. The Balaban J connectivity index is 1.42. The minimum absolute atomic E-state index is 1.05. The molecule has 0 heterocycles. The Morgan fingerprint density at radius 3 is 1.54 bits per heavy atom. The maximum Gasteiger partial charge on any atom is -0.00735 e.